The molecule has 9 heteroatoms. The Morgan fingerprint density at radius 2 is 1.77 bits per heavy atom. The van der Waals surface area contributed by atoms with Crippen LogP contribution in [0.5, 0.6) is 5.75 Å². The van der Waals surface area contributed by atoms with Crippen LogP contribution in [0.25, 0.3) is 10.9 Å². The second kappa shape index (κ2) is 9.30. The van der Waals surface area contributed by atoms with Gasteiger partial charge in [-0.1, -0.05) is 23.7 Å². The third kappa shape index (κ3) is 5.58. The molecule has 0 bridgehead atoms. The lowest BCUT2D eigenvalue weighted by Gasteiger charge is -2.31. The van der Waals surface area contributed by atoms with Crippen LogP contribution in [0.3, 0.4) is 0 Å². The zero-order valence-corrected chi connectivity index (χ0v) is 17.4. The highest BCUT2D eigenvalue weighted by Gasteiger charge is 2.31. The minimum absolute atomic E-state index is 0.265. The van der Waals surface area contributed by atoms with E-state index in [9.17, 15) is 13.2 Å². The van der Waals surface area contributed by atoms with Gasteiger partial charge in [-0.25, -0.2) is 4.98 Å². The Morgan fingerprint density at radius 3 is 2.48 bits per heavy atom. The zero-order valence-electron chi connectivity index (χ0n) is 16.6. The van der Waals surface area contributed by atoms with E-state index in [0.717, 1.165) is 25.0 Å². The number of ether oxygens (including phenoxy) is 2. The smallest absolute Gasteiger partial charge is 0.406 e. The molecular weight excluding hydrogens is 431 g/mol. The standard InChI is InChI=1S/C22H21ClF3N3O2/c23-19-3-1-2-16-4-9-20(27-21(16)19)29(11-10-28-12-14-30-15-13-28)17-5-7-18(8-6-17)31-22(24,25)26/h1-9H,10-15H2. The first-order chi connectivity index (χ1) is 14.9. The summed E-state index contributed by atoms with van der Waals surface area (Å²) in [7, 11) is 0. The van der Waals surface area contributed by atoms with E-state index in [1.807, 2.05) is 29.2 Å². The second-order valence-corrected chi connectivity index (χ2v) is 7.54. The SMILES string of the molecule is FC(F)(F)Oc1ccc(N(CCN2CCOCC2)c2ccc3cccc(Cl)c3n2)cc1. The van der Waals surface area contributed by atoms with Gasteiger partial charge in [0, 0.05) is 37.3 Å². The quantitative estimate of drug-likeness (QED) is 0.511. The molecule has 3 aromatic rings. The molecule has 0 unspecified atom stereocenters. The van der Waals surface area contributed by atoms with Crippen molar-refractivity contribution in [2.75, 3.05) is 44.3 Å². The van der Waals surface area contributed by atoms with Crippen molar-refractivity contribution in [1.29, 1.82) is 0 Å². The molecular formula is C22H21ClF3N3O2. The van der Waals surface area contributed by atoms with E-state index < -0.39 is 6.36 Å². The summed E-state index contributed by atoms with van der Waals surface area (Å²) in [6.45, 7) is 4.40. The lowest BCUT2D eigenvalue weighted by Crippen LogP contribution is -2.40. The molecule has 0 saturated carbocycles. The molecule has 0 atom stereocenters. The number of pyridine rings is 1. The number of alkyl halides is 3. The number of rotatable bonds is 6. The molecule has 1 saturated heterocycles. The van der Waals surface area contributed by atoms with Crippen LogP contribution < -0.4 is 9.64 Å². The van der Waals surface area contributed by atoms with E-state index in [1.54, 1.807) is 18.2 Å². The minimum Gasteiger partial charge on any atom is -0.406 e. The molecule has 5 nitrogen and oxygen atoms in total. The Hall–Kier alpha value is -2.55. The van der Waals surface area contributed by atoms with Crippen molar-refractivity contribution in [1.82, 2.24) is 9.88 Å². The molecule has 2 aromatic carbocycles. The normalized spacial score (nSPS) is 15.2. The summed E-state index contributed by atoms with van der Waals surface area (Å²) < 4.78 is 46.9. The molecule has 2 heterocycles. The van der Waals surface area contributed by atoms with Crippen LogP contribution in [-0.2, 0) is 4.74 Å². The first kappa shape index (κ1) is 21.7. The predicted octanol–water partition coefficient (Wildman–Crippen LogP) is 5.26. The highest BCUT2D eigenvalue weighted by molar-refractivity contribution is 6.35. The Kier molecular flexibility index (Phi) is 6.50. The first-order valence-corrected chi connectivity index (χ1v) is 10.3. The van der Waals surface area contributed by atoms with Crippen LogP contribution in [0.15, 0.2) is 54.6 Å². The van der Waals surface area contributed by atoms with Gasteiger partial charge in [0.05, 0.1) is 23.8 Å². The number of para-hydroxylation sites is 1. The number of aromatic nitrogens is 1. The van der Waals surface area contributed by atoms with Crippen molar-refractivity contribution in [2.45, 2.75) is 6.36 Å². The van der Waals surface area contributed by atoms with Gasteiger partial charge in [-0.3, -0.25) is 4.90 Å². The van der Waals surface area contributed by atoms with E-state index in [0.29, 0.717) is 41.8 Å². The zero-order chi connectivity index (χ0) is 21.8. The van der Waals surface area contributed by atoms with Crippen LogP contribution in [-0.4, -0.2) is 55.6 Å². The van der Waals surface area contributed by atoms with Gasteiger partial charge in [-0.05, 0) is 42.5 Å². The predicted molar refractivity (Wildman–Crippen MR) is 114 cm³/mol. The number of nitrogens with zero attached hydrogens (tertiary/aromatic N) is 3. The molecule has 1 aliphatic heterocycles. The van der Waals surface area contributed by atoms with Crippen LogP contribution in [0.1, 0.15) is 0 Å². The van der Waals surface area contributed by atoms with E-state index >= 15 is 0 Å². The number of halogens is 4. The van der Waals surface area contributed by atoms with Crippen LogP contribution in [0.2, 0.25) is 5.02 Å². The number of hydrogen-bond donors (Lipinski definition) is 0. The number of morpholine rings is 1. The van der Waals surface area contributed by atoms with Crippen LogP contribution in [0.4, 0.5) is 24.7 Å². The number of anilines is 2. The Bertz CT molecular complexity index is 1020. The summed E-state index contributed by atoms with van der Waals surface area (Å²) in [5.41, 5.74) is 1.39. The molecule has 1 fully saturated rings. The summed E-state index contributed by atoms with van der Waals surface area (Å²) in [5, 5.41) is 1.46. The highest BCUT2D eigenvalue weighted by Crippen LogP contribution is 2.31. The molecule has 0 N–H and O–H groups in total. The highest BCUT2D eigenvalue weighted by atomic mass is 35.5. The summed E-state index contributed by atoms with van der Waals surface area (Å²) >= 11 is 6.33. The fraction of sp³-hybridized carbons (Fsp3) is 0.318. The second-order valence-electron chi connectivity index (χ2n) is 7.13. The molecule has 0 aliphatic carbocycles. The van der Waals surface area contributed by atoms with Crippen LogP contribution >= 0.6 is 11.6 Å². The molecule has 0 amide bonds. The maximum Gasteiger partial charge on any atom is 0.573 e. The molecule has 1 aromatic heterocycles. The number of benzene rings is 2. The average Bonchev–Trinajstić information content (AvgIpc) is 2.75. The van der Waals surface area contributed by atoms with Gasteiger partial charge in [-0.2, -0.15) is 0 Å². The van der Waals surface area contributed by atoms with Gasteiger partial charge in [-0.15, -0.1) is 13.2 Å². The maximum atomic E-state index is 12.5. The Morgan fingerprint density at radius 1 is 1.03 bits per heavy atom. The molecule has 31 heavy (non-hydrogen) atoms. The monoisotopic (exact) mass is 451 g/mol. The van der Waals surface area contributed by atoms with E-state index in [-0.39, 0.29) is 5.75 Å². The van der Waals surface area contributed by atoms with Crippen molar-refractivity contribution in [3.8, 4) is 5.75 Å². The molecule has 164 valence electrons. The van der Waals surface area contributed by atoms with Gasteiger partial charge in [0.25, 0.3) is 0 Å². The minimum atomic E-state index is -4.73. The van der Waals surface area contributed by atoms with Crippen molar-refractivity contribution in [2.24, 2.45) is 0 Å². The molecule has 1 aliphatic rings. The maximum absolute atomic E-state index is 12.5. The Labute approximate surface area is 182 Å². The molecule has 0 spiro atoms. The lowest BCUT2D eigenvalue weighted by molar-refractivity contribution is -0.274. The van der Waals surface area contributed by atoms with Crippen molar-refractivity contribution in [3.05, 3.63) is 59.6 Å². The van der Waals surface area contributed by atoms with Crippen LogP contribution in [0, 0.1) is 0 Å². The summed E-state index contributed by atoms with van der Waals surface area (Å²) in [4.78, 5) is 8.99. The van der Waals surface area contributed by atoms with E-state index in [2.05, 4.69) is 9.64 Å². The molecule has 0 radical (unpaired) electrons. The van der Waals surface area contributed by atoms with Gasteiger partial charge in [0.15, 0.2) is 0 Å². The summed E-state index contributed by atoms with van der Waals surface area (Å²) in [5.74, 6) is 0.400. The van der Waals surface area contributed by atoms with Gasteiger partial charge < -0.3 is 14.4 Å². The fourth-order valence-corrected chi connectivity index (χ4v) is 3.74. The Balaban J connectivity index is 1.63. The number of fused-ring (bicyclic) bond motifs is 1. The number of hydrogen-bond acceptors (Lipinski definition) is 5. The van der Waals surface area contributed by atoms with E-state index in [1.165, 1.54) is 12.1 Å². The van der Waals surface area contributed by atoms with Crippen molar-refractivity contribution in [3.63, 3.8) is 0 Å². The topological polar surface area (TPSA) is 37.8 Å². The lowest BCUT2D eigenvalue weighted by atomic mass is 10.2. The van der Waals surface area contributed by atoms with Gasteiger partial charge in [0.2, 0.25) is 0 Å². The third-order valence-electron chi connectivity index (χ3n) is 5.06. The van der Waals surface area contributed by atoms with E-state index in [4.69, 9.17) is 21.3 Å². The average molecular weight is 452 g/mol. The first-order valence-electron chi connectivity index (χ1n) is 9.88. The summed E-state index contributed by atoms with van der Waals surface area (Å²) in [6, 6.07) is 15.2. The van der Waals surface area contributed by atoms with Gasteiger partial charge >= 0.3 is 6.36 Å². The van der Waals surface area contributed by atoms with Gasteiger partial charge in [0.1, 0.15) is 11.6 Å². The van der Waals surface area contributed by atoms with Crippen molar-refractivity contribution < 1.29 is 22.6 Å². The molecule has 4 rings (SSSR count). The fourth-order valence-electron chi connectivity index (χ4n) is 3.52. The largest absolute Gasteiger partial charge is 0.573 e. The summed E-state index contributed by atoms with van der Waals surface area (Å²) in [6.07, 6.45) is -4.73. The third-order valence-corrected chi connectivity index (χ3v) is 5.36. The van der Waals surface area contributed by atoms with Crippen molar-refractivity contribution >= 4 is 34.0 Å².